The number of likely N-dealkylation sites (tertiary alicyclic amines) is 1. The number of hydrogen-bond donors (Lipinski definition) is 1. The molecule has 1 saturated heterocycles. The van der Waals surface area contributed by atoms with Gasteiger partial charge in [-0.1, -0.05) is 5.16 Å². The van der Waals surface area contributed by atoms with Gasteiger partial charge < -0.3 is 9.26 Å². The second-order valence-corrected chi connectivity index (χ2v) is 6.14. The number of methoxy groups -OCH3 is 1. The molecule has 1 fully saturated rings. The molecule has 2 aromatic rings. The molecule has 1 aliphatic rings. The Morgan fingerprint density at radius 3 is 2.96 bits per heavy atom. The van der Waals surface area contributed by atoms with Crippen molar-refractivity contribution in [2.75, 3.05) is 25.5 Å². The zero-order chi connectivity index (χ0) is 17.3. The van der Waals surface area contributed by atoms with E-state index < -0.39 is 0 Å². The monoisotopic (exact) mass is 333 g/mol. The van der Waals surface area contributed by atoms with E-state index in [0.29, 0.717) is 12.4 Å². The summed E-state index contributed by atoms with van der Waals surface area (Å²) in [5, 5.41) is 11.0. The molecule has 24 heavy (non-hydrogen) atoms. The van der Waals surface area contributed by atoms with Crippen LogP contribution in [-0.4, -0.2) is 45.9 Å². The molecular weight excluding hydrogens is 310 g/mol. The van der Waals surface area contributed by atoms with Crippen LogP contribution in [0.1, 0.15) is 35.8 Å². The minimum Gasteiger partial charge on any atom is -0.481 e. The summed E-state index contributed by atoms with van der Waals surface area (Å²) in [6.07, 6.45) is 2.02. The fraction of sp³-hybridized carbons (Fsp3) is 0.562. The molecule has 0 unspecified atom stereocenters. The quantitative estimate of drug-likeness (QED) is 0.898. The lowest BCUT2D eigenvalue weighted by molar-refractivity contribution is -0.117. The molecule has 130 valence electrons. The number of amides is 1. The minimum atomic E-state index is -0.112. The molecule has 0 radical (unpaired) electrons. The molecule has 1 aliphatic heterocycles. The fourth-order valence-electron chi connectivity index (χ4n) is 3.41. The molecule has 0 spiro atoms. The predicted molar refractivity (Wildman–Crippen MR) is 87.9 cm³/mol. The third-order valence-corrected chi connectivity index (χ3v) is 4.34. The van der Waals surface area contributed by atoms with Crippen molar-refractivity contribution in [2.24, 2.45) is 7.05 Å². The second-order valence-electron chi connectivity index (χ2n) is 6.14. The number of aromatic nitrogens is 3. The Kier molecular flexibility index (Phi) is 4.57. The van der Waals surface area contributed by atoms with Crippen molar-refractivity contribution in [2.45, 2.75) is 32.7 Å². The van der Waals surface area contributed by atoms with Gasteiger partial charge in [-0.3, -0.25) is 15.0 Å². The van der Waals surface area contributed by atoms with E-state index in [9.17, 15) is 4.79 Å². The van der Waals surface area contributed by atoms with Crippen LogP contribution in [0.25, 0.3) is 0 Å². The van der Waals surface area contributed by atoms with E-state index in [4.69, 9.17) is 9.26 Å². The lowest BCUT2D eigenvalue weighted by Crippen LogP contribution is -2.33. The predicted octanol–water partition coefficient (Wildman–Crippen LogP) is 1.81. The first kappa shape index (κ1) is 16.5. The molecule has 0 aromatic carbocycles. The number of aryl methyl sites for hydroxylation is 3. The van der Waals surface area contributed by atoms with Gasteiger partial charge in [-0.25, -0.2) is 4.68 Å². The van der Waals surface area contributed by atoms with Crippen LogP contribution in [0.5, 0.6) is 5.88 Å². The third-order valence-electron chi connectivity index (χ3n) is 4.34. The van der Waals surface area contributed by atoms with Gasteiger partial charge in [0.2, 0.25) is 17.7 Å². The van der Waals surface area contributed by atoms with Crippen molar-refractivity contribution in [3.8, 4) is 5.88 Å². The standard InChI is InChI=1S/C16H23N5O3/c1-10-8-14(24-19-10)17-13(22)9-21-7-5-6-12(21)15-11(2)18-20(3)16(15)23-4/h8,12H,5-7,9H2,1-4H3,(H,17,22)/t12-/m1/s1. The highest BCUT2D eigenvalue weighted by Crippen LogP contribution is 2.38. The van der Waals surface area contributed by atoms with E-state index in [0.717, 1.165) is 42.2 Å². The van der Waals surface area contributed by atoms with Crippen LogP contribution in [0.2, 0.25) is 0 Å². The van der Waals surface area contributed by atoms with Crippen LogP contribution < -0.4 is 10.1 Å². The van der Waals surface area contributed by atoms with Crippen molar-refractivity contribution < 1.29 is 14.1 Å². The number of anilines is 1. The summed E-state index contributed by atoms with van der Waals surface area (Å²) < 4.78 is 12.3. The Labute approximate surface area is 140 Å². The number of carbonyl (C=O) groups excluding carboxylic acids is 1. The summed E-state index contributed by atoms with van der Waals surface area (Å²) in [4.78, 5) is 14.5. The molecule has 1 atom stereocenters. The van der Waals surface area contributed by atoms with Crippen molar-refractivity contribution >= 4 is 11.8 Å². The van der Waals surface area contributed by atoms with Gasteiger partial charge >= 0.3 is 0 Å². The SMILES string of the molecule is COc1c([C@H]2CCCN2CC(=O)Nc2cc(C)no2)c(C)nn1C. The van der Waals surface area contributed by atoms with Crippen molar-refractivity contribution in [1.82, 2.24) is 19.8 Å². The Bertz CT molecular complexity index is 736. The molecule has 3 rings (SSSR count). The summed E-state index contributed by atoms with van der Waals surface area (Å²) in [7, 11) is 3.52. The zero-order valence-electron chi connectivity index (χ0n) is 14.5. The number of rotatable bonds is 5. The molecule has 0 saturated carbocycles. The molecular formula is C16H23N5O3. The maximum atomic E-state index is 12.3. The first-order valence-electron chi connectivity index (χ1n) is 8.04. The van der Waals surface area contributed by atoms with E-state index in [1.165, 1.54) is 0 Å². The normalized spacial score (nSPS) is 18.1. The van der Waals surface area contributed by atoms with Gasteiger partial charge in [0.05, 0.1) is 30.6 Å². The lowest BCUT2D eigenvalue weighted by atomic mass is 10.1. The fourth-order valence-corrected chi connectivity index (χ4v) is 3.41. The van der Waals surface area contributed by atoms with Gasteiger partial charge in [-0.2, -0.15) is 5.10 Å². The number of carbonyl (C=O) groups is 1. The first-order chi connectivity index (χ1) is 11.5. The highest BCUT2D eigenvalue weighted by molar-refractivity contribution is 5.91. The van der Waals surface area contributed by atoms with E-state index in [1.807, 2.05) is 20.9 Å². The summed E-state index contributed by atoms with van der Waals surface area (Å²) in [6.45, 7) is 4.95. The summed E-state index contributed by atoms with van der Waals surface area (Å²) in [5.41, 5.74) is 2.75. The molecule has 8 nitrogen and oxygen atoms in total. The molecule has 0 bridgehead atoms. The van der Waals surface area contributed by atoms with Gasteiger partial charge in [0.25, 0.3) is 0 Å². The first-order valence-corrected chi connectivity index (χ1v) is 8.04. The van der Waals surface area contributed by atoms with E-state index in [2.05, 4.69) is 20.5 Å². The van der Waals surface area contributed by atoms with Gasteiger partial charge in [0.1, 0.15) is 0 Å². The Morgan fingerprint density at radius 2 is 2.29 bits per heavy atom. The zero-order valence-corrected chi connectivity index (χ0v) is 14.5. The van der Waals surface area contributed by atoms with Crippen LogP contribution in [-0.2, 0) is 11.8 Å². The van der Waals surface area contributed by atoms with Gasteiger partial charge in [-0.05, 0) is 33.2 Å². The molecule has 2 aromatic heterocycles. The molecule has 1 amide bonds. The van der Waals surface area contributed by atoms with E-state index in [-0.39, 0.29) is 11.9 Å². The van der Waals surface area contributed by atoms with Gasteiger partial charge in [0.15, 0.2) is 0 Å². The van der Waals surface area contributed by atoms with Crippen LogP contribution in [0.4, 0.5) is 5.88 Å². The van der Waals surface area contributed by atoms with Crippen LogP contribution in [0.3, 0.4) is 0 Å². The Hall–Kier alpha value is -2.35. The maximum absolute atomic E-state index is 12.3. The largest absolute Gasteiger partial charge is 0.481 e. The summed E-state index contributed by atoms with van der Waals surface area (Å²) in [5.74, 6) is 1.03. The Morgan fingerprint density at radius 1 is 1.50 bits per heavy atom. The smallest absolute Gasteiger partial charge is 0.240 e. The number of hydrogen-bond acceptors (Lipinski definition) is 6. The maximum Gasteiger partial charge on any atom is 0.240 e. The topological polar surface area (TPSA) is 85.4 Å². The van der Waals surface area contributed by atoms with Crippen molar-refractivity contribution in [3.63, 3.8) is 0 Å². The van der Waals surface area contributed by atoms with E-state index >= 15 is 0 Å². The number of ether oxygens (including phenoxy) is 1. The highest BCUT2D eigenvalue weighted by Gasteiger charge is 2.33. The molecule has 8 heteroatoms. The second kappa shape index (κ2) is 6.64. The third kappa shape index (κ3) is 3.14. The van der Waals surface area contributed by atoms with Gasteiger partial charge in [-0.15, -0.1) is 0 Å². The average Bonchev–Trinajstić information content (AvgIpc) is 3.19. The highest BCUT2D eigenvalue weighted by atomic mass is 16.5. The van der Waals surface area contributed by atoms with Crippen LogP contribution >= 0.6 is 0 Å². The van der Waals surface area contributed by atoms with Crippen LogP contribution in [0.15, 0.2) is 10.6 Å². The summed E-state index contributed by atoms with van der Waals surface area (Å²) >= 11 is 0. The number of nitrogens with zero attached hydrogens (tertiary/aromatic N) is 4. The average molecular weight is 333 g/mol. The number of nitrogens with one attached hydrogen (secondary N) is 1. The van der Waals surface area contributed by atoms with Crippen molar-refractivity contribution in [1.29, 1.82) is 0 Å². The van der Waals surface area contributed by atoms with Gasteiger partial charge in [0, 0.05) is 19.2 Å². The molecule has 1 N–H and O–H groups in total. The lowest BCUT2D eigenvalue weighted by Gasteiger charge is -2.24. The Balaban J connectivity index is 1.73. The van der Waals surface area contributed by atoms with E-state index in [1.54, 1.807) is 17.9 Å². The van der Waals surface area contributed by atoms with Crippen LogP contribution in [0, 0.1) is 13.8 Å². The molecule has 0 aliphatic carbocycles. The van der Waals surface area contributed by atoms with Crippen molar-refractivity contribution in [3.05, 3.63) is 23.0 Å². The summed E-state index contributed by atoms with van der Waals surface area (Å²) in [6, 6.07) is 1.84. The molecule has 3 heterocycles. The minimum absolute atomic E-state index is 0.112.